The van der Waals surface area contributed by atoms with Gasteiger partial charge in [0.2, 0.25) is 0 Å². The van der Waals surface area contributed by atoms with Crippen LogP contribution in [-0.4, -0.2) is 17.3 Å². The zero-order valence-corrected chi connectivity index (χ0v) is 8.59. The van der Waals surface area contributed by atoms with Gasteiger partial charge in [-0.3, -0.25) is 4.79 Å². The molecule has 0 aromatic heterocycles. The zero-order chi connectivity index (χ0) is 9.84. The van der Waals surface area contributed by atoms with Crippen LogP contribution in [0.5, 0.6) is 0 Å². The molecule has 4 heteroatoms. The standard InChI is InChI=1S/C9H9Cl2NO/c1-12(9(11)13)8(10)7-5-3-2-4-6-7/h2-6,8H,1H3. The van der Waals surface area contributed by atoms with E-state index in [2.05, 4.69) is 0 Å². The largest absolute Gasteiger partial charge is 0.317 e. The Balaban J connectivity index is 2.79. The monoisotopic (exact) mass is 217 g/mol. The van der Waals surface area contributed by atoms with Crippen molar-refractivity contribution < 1.29 is 4.79 Å². The maximum Gasteiger partial charge on any atom is 0.317 e. The fourth-order valence-electron chi connectivity index (χ4n) is 0.925. The number of benzene rings is 1. The van der Waals surface area contributed by atoms with E-state index in [0.717, 1.165) is 5.56 Å². The Kier molecular flexibility index (Phi) is 3.58. The van der Waals surface area contributed by atoms with E-state index in [-0.39, 0.29) is 0 Å². The van der Waals surface area contributed by atoms with Gasteiger partial charge in [0.25, 0.3) is 0 Å². The van der Waals surface area contributed by atoms with Gasteiger partial charge in [0.1, 0.15) is 5.50 Å². The molecule has 0 radical (unpaired) electrons. The average molecular weight is 218 g/mol. The maximum atomic E-state index is 10.8. The molecule has 0 aliphatic carbocycles. The lowest BCUT2D eigenvalue weighted by Gasteiger charge is -2.20. The first-order valence-electron chi connectivity index (χ1n) is 3.74. The third kappa shape index (κ3) is 2.61. The van der Waals surface area contributed by atoms with E-state index in [1.54, 1.807) is 7.05 Å². The molecule has 0 bridgehead atoms. The molecule has 0 saturated heterocycles. The van der Waals surface area contributed by atoms with Crippen LogP contribution in [-0.2, 0) is 0 Å². The molecular weight excluding hydrogens is 209 g/mol. The van der Waals surface area contributed by atoms with Crippen molar-refractivity contribution in [3.8, 4) is 0 Å². The minimum Gasteiger partial charge on any atom is -0.312 e. The van der Waals surface area contributed by atoms with Gasteiger partial charge in [-0.1, -0.05) is 41.9 Å². The van der Waals surface area contributed by atoms with Gasteiger partial charge in [-0.25, -0.2) is 0 Å². The third-order valence-corrected chi connectivity index (χ3v) is 2.50. The summed E-state index contributed by atoms with van der Waals surface area (Å²) in [7, 11) is 1.56. The summed E-state index contributed by atoms with van der Waals surface area (Å²) in [5, 5.41) is -0.566. The first-order chi connectivity index (χ1) is 6.13. The highest BCUT2D eigenvalue weighted by Gasteiger charge is 2.16. The summed E-state index contributed by atoms with van der Waals surface area (Å²) in [6, 6.07) is 9.28. The van der Waals surface area contributed by atoms with Gasteiger partial charge >= 0.3 is 5.37 Å². The number of carbonyl (C=O) groups excluding carboxylic acids is 1. The van der Waals surface area contributed by atoms with Crippen molar-refractivity contribution in [2.45, 2.75) is 5.50 Å². The number of halogens is 2. The molecule has 2 nitrogen and oxygen atoms in total. The topological polar surface area (TPSA) is 20.3 Å². The highest BCUT2D eigenvalue weighted by molar-refractivity contribution is 6.63. The number of alkyl halides is 1. The van der Waals surface area contributed by atoms with E-state index >= 15 is 0 Å². The Labute approximate surface area is 87.1 Å². The van der Waals surface area contributed by atoms with Gasteiger partial charge in [0.05, 0.1) is 0 Å². The quantitative estimate of drug-likeness (QED) is 0.424. The summed E-state index contributed by atoms with van der Waals surface area (Å²) in [6.07, 6.45) is 0. The van der Waals surface area contributed by atoms with Crippen LogP contribution in [0.3, 0.4) is 0 Å². The lowest BCUT2D eigenvalue weighted by atomic mass is 10.2. The second kappa shape index (κ2) is 4.49. The molecule has 1 aromatic carbocycles. The molecule has 0 saturated carbocycles. The van der Waals surface area contributed by atoms with Gasteiger partial charge in [-0.05, 0) is 17.2 Å². The molecule has 13 heavy (non-hydrogen) atoms. The summed E-state index contributed by atoms with van der Waals surface area (Å²) >= 11 is 11.2. The molecule has 1 rings (SSSR count). The third-order valence-electron chi connectivity index (χ3n) is 1.69. The van der Waals surface area contributed by atoms with E-state index in [0.29, 0.717) is 0 Å². The van der Waals surface area contributed by atoms with Crippen LogP contribution in [0.1, 0.15) is 11.1 Å². The molecule has 0 N–H and O–H groups in total. The predicted octanol–water partition coefficient (Wildman–Crippen LogP) is 3.21. The molecule has 1 amide bonds. The lowest BCUT2D eigenvalue weighted by molar-refractivity contribution is 0.228. The van der Waals surface area contributed by atoms with Crippen molar-refractivity contribution in [3.63, 3.8) is 0 Å². The van der Waals surface area contributed by atoms with Gasteiger partial charge in [0, 0.05) is 7.05 Å². The van der Waals surface area contributed by atoms with Gasteiger partial charge in [0.15, 0.2) is 0 Å². The Morgan fingerprint density at radius 3 is 2.38 bits per heavy atom. The van der Waals surface area contributed by atoms with Crippen molar-refractivity contribution in [1.82, 2.24) is 4.90 Å². The van der Waals surface area contributed by atoms with E-state index in [9.17, 15) is 4.79 Å². The zero-order valence-electron chi connectivity index (χ0n) is 7.08. The van der Waals surface area contributed by atoms with Crippen LogP contribution in [0, 0.1) is 0 Å². The highest BCUT2D eigenvalue weighted by Crippen LogP contribution is 2.24. The normalized spacial score (nSPS) is 12.2. The first kappa shape index (κ1) is 10.4. The Morgan fingerprint density at radius 2 is 1.92 bits per heavy atom. The minimum absolute atomic E-state index is 0.508. The van der Waals surface area contributed by atoms with Crippen molar-refractivity contribution in [2.24, 2.45) is 0 Å². The SMILES string of the molecule is CN(C(=O)Cl)C(Cl)c1ccccc1. The number of rotatable bonds is 2. The molecule has 0 heterocycles. The van der Waals surface area contributed by atoms with E-state index in [4.69, 9.17) is 23.2 Å². The van der Waals surface area contributed by atoms with Crippen molar-refractivity contribution in [1.29, 1.82) is 0 Å². The second-order valence-electron chi connectivity index (χ2n) is 2.61. The average Bonchev–Trinajstić information content (AvgIpc) is 2.17. The summed E-state index contributed by atoms with van der Waals surface area (Å²) in [4.78, 5) is 12.0. The van der Waals surface area contributed by atoms with Crippen molar-refractivity contribution in [2.75, 3.05) is 7.05 Å². The molecule has 0 spiro atoms. The highest BCUT2D eigenvalue weighted by atomic mass is 35.5. The smallest absolute Gasteiger partial charge is 0.312 e. The molecule has 0 aliphatic rings. The van der Waals surface area contributed by atoms with Crippen LogP contribution in [0.25, 0.3) is 0 Å². The fourth-order valence-corrected chi connectivity index (χ4v) is 1.31. The van der Waals surface area contributed by atoms with Crippen LogP contribution >= 0.6 is 23.2 Å². The molecule has 1 atom stereocenters. The number of carbonyl (C=O) groups is 1. The van der Waals surface area contributed by atoms with Crippen LogP contribution in [0.15, 0.2) is 30.3 Å². The van der Waals surface area contributed by atoms with Crippen LogP contribution in [0.2, 0.25) is 0 Å². The molecule has 0 aliphatic heterocycles. The summed E-state index contributed by atoms with van der Waals surface area (Å²) in [5.41, 5.74) is 0.340. The van der Waals surface area contributed by atoms with Gasteiger partial charge in [-0.15, -0.1) is 0 Å². The van der Waals surface area contributed by atoms with Gasteiger partial charge < -0.3 is 4.90 Å². The molecule has 0 fully saturated rings. The summed E-state index contributed by atoms with van der Waals surface area (Å²) in [5.74, 6) is 0. The summed E-state index contributed by atoms with van der Waals surface area (Å²) in [6.45, 7) is 0. The lowest BCUT2D eigenvalue weighted by Crippen LogP contribution is -2.22. The molecule has 70 valence electrons. The van der Waals surface area contributed by atoms with E-state index < -0.39 is 10.9 Å². The van der Waals surface area contributed by atoms with E-state index in [1.165, 1.54) is 4.90 Å². The van der Waals surface area contributed by atoms with Crippen molar-refractivity contribution >= 4 is 28.6 Å². The minimum atomic E-state index is -0.566. The molecular formula is C9H9Cl2NO. The van der Waals surface area contributed by atoms with Crippen molar-refractivity contribution in [3.05, 3.63) is 35.9 Å². The maximum absolute atomic E-state index is 10.8. The second-order valence-corrected chi connectivity index (χ2v) is 3.35. The fraction of sp³-hybridized carbons (Fsp3) is 0.222. The van der Waals surface area contributed by atoms with Gasteiger partial charge in [-0.2, -0.15) is 0 Å². The van der Waals surface area contributed by atoms with E-state index in [1.807, 2.05) is 30.3 Å². The predicted molar refractivity (Wildman–Crippen MR) is 54.0 cm³/mol. The number of hydrogen-bond donors (Lipinski definition) is 0. The Hall–Kier alpha value is -0.730. The van der Waals surface area contributed by atoms with Crippen LogP contribution < -0.4 is 0 Å². The molecule has 1 aromatic rings. The number of nitrogens with zero attached hydrogens (tertiary/aromatic N) is 1. The summed E-state index contributed by atoms with van der Waals surface area (Å²) < 4.78 is 0. The first-order valence-corrected chi connectivity index (χ1v) is 4.55. The number of amides is 1. The van der Waals surface area contributed by atoms with Crippen LogP contribution in [0.4, 0.5) is 4.79 Å². The Morgan fingerprint density at radius 1 is 1.38 bits per heavy atom. The number of hydrogen-bond acceptors (Lipinski definition) is 1. The molecule has 1 unspecified atom stereocenters. The Bertz CT molecular complexity index is 289.